The Hall–Kier alpha value is -2.02. The van der Waals surface area contributed by atoms with Crippen LogP contribution in [0.15, 0.2) is 28.9 Å². The molecule has 0 unspecified atom stereocenters. The second-order valence-corrected chi connectivity index (χ2v) is 7.41. The first-order valence-corrected chi connectivity index (χ1v) is 8.25. The molecule has 0 fully saturated rings. The van der Waals surface area contributed by atoms with Crippen LogP contribution in [0.25, 0.3) is 0 Å². The van der Waals surface area contributed by atoms with Gasteiger partial charge in [0.2, 0.25) is 12.7 Å². The molecule has 2 amide bonds. The van der Waals surface area contributed by atoms with Crippen molar-refractivity contribution in [2.75, 3.05) is 6.79 Å². The molecule has 1 heterocycles. The summed E-state index contributed by atoms with van der Waals surface area (Å²) in [6, 6.07) is 3.57. The van der Waals surface area contributed by atoms with Crippen molar-refractivity contribution in [3.8, 4) is 11.5 Å². The summed E-state index contributed by atoms with van der Waals surface area (Å²) in [6.07, 6.45) is 0. The van der Waals surface area contributed by atoms with Crippen molar-refractivity contribution in [3.05, 3.63) is 34.4 Å². The zero-order valence-corrected chi connectivity index (χ0v) is 15.8. The van der Waals surface area contributed by atoms with E-state index in [1.54, 1.807) is 12.1 Å². The molecule has 0 aliphatic carbocycles. The first kappa shape index (κ1) is 18.3. The molecule has 24 heavy (non-hydrogen) atoms. The van der Waals surface area contributed by atoms with Gasteiger partial charge < -0.3 is 19.7 Å². The van der Waals surface area contributed by atoms with E-state index in [1.165, 1.54) is 11.8 Å². The van der Waals surface area contributed by atoms with Gasteiger partial charge in [0, 0.05) is 16.9 Å². The lowest BCUT2D eigenvalue weighted by atomic mass is 10.1. The minimum absolute atomic E-state index is 0.0991. The van der Waals surface area contributed by atoms with Gasteiger partial charge in [-0.3, -0.25) is 9.59 Å². The molecule has 1 aromatic rings. The van der Waals surface area contributed by atoms with Crippen molar-refractivity contribution in [1.29, 1.82) is 0 Å². The van der Waals surface area contributed by atoms with Crippen LogP contribution < -0.4 is 14.8 Å². The van der Waals surface area contributed by atoms with E-state index >= 15 is 0 Å². The highest BCUT2D eigenvalue weighted by Crippen LogP contribution is 2.37. The van der Waals surface area contributed by atoms with E-state index in [0.29, 0.717) is 11.5 Å². The Morgan fingerprint density at radius 2 is 1.88 bits per heavy atom. The number of carbonyl (C=O) groups excluding carboxylic acids is 2. The molecule has 0 bridgehead atoms. The van der Waals surface area contributed by atoms with Crippen molar-refractivity contribution in [1.82, 2.24) is 10.2 Å². The SMILES string of the molecule is C=C(C(=O)NC(C)(C)C)N(Cc1cc2c(cc1Br)OCO2)C(C)=O. The largest absolute Gasteiger partial charge is 0.454 e. The summed E-state index contributed by atoms with van der Waals surface area (Å²) in [5.41, 5.74) is 0.475. The molecular formula is C17H21BrN2O4. The molecule has 0 saturated heterocycles. The van der Waals surface area contributed by atoms with Crippen LogP contribution in [0.1, 0.15) is 33.3 Å². The number of fused-ring (bicyclic) bond motifs is 1. The number of benzene rings is 1. The predicted molar refractivity (Wildman–Crippen MR) is 93.5 cm³/mol. The minimum atomic E-state index is -0.415. The van der Waals surface area contributed by atoms with E-state index in [9.17, 15) is 9.59 Å². The smallest absolute Gasteiger partial charge is 0.267 e. The highest BCUT2D eigenvalue weighted by Gasteiger charge is 2.25. The third-order valence-corrected chi connectivity index (χ3v) is 4.06. The molecule has 2 rings (SSSR count). The number of carbonyl (C=O) groups is 2. The van der Waals surface area contributed by atoms with Crippen LogP contribution in [0.3, 0.4) is 0 Å². The van der Waals surface area contributed by atoms with Gasteiger partial charge in [-0.1, -0.05) is 22.5 Å². The van der Waals surface area contributed by atoms with Gasteiger partial charge in [0.05, 0.1) is 6.54 Å². The Morgan fingerprint density at radius 3 is 2.42 bits per heavy atom. The summed E-state index contributed by atoms with van der Waals surface area (Å²) in [5, 5.41) is 2.81. The lowest BCUT2D eigenvalue weighted by Crippen LogP contribution is -2.45. The standard InChI is InChI=1S/C17H21BrN2O4/c1-10(16(22)19-17(3,4)5)20(11(2)21)8-12-6-14-15(7-13(12)18)24-9-23-14/h6-7H,1,8-9H2,2-5H3,(H,19,22). The zero-order valence-electron chi connectivity index (χ0n) is 14.2. The molecule has 0 saturated carbocycles. The van der Waals surface area contributed by atoms with Crippen molar-refractivity contribution >= 4 is 27.7 Å². The van der Waals surface area contributed by atoms with Crippen LogP contribution in [0.5, 0.6) is 11.5 Å². The molecule has 0 aromatic heterocycles. The highest BCUT2D eigenvalue weighted by molar-refractivity contribution is 9.10. The van der Waals surface area contributed by atoms with Crippen LogP contribution in [0, 0.1) is 0 Å². The number of hydrogen-bond donors (Lipinski definition) is 1. The van der Waals surface area contributed by atoms with Crippen molar-refractivity contribution in [2.24, 2.45) is 0 Å². The Labute approximate surface area is 149 Å². The zero-order chi connectivity index (χ0) is 18.1. The molecule has 1 aromatic carbocycles. The molecule has 0 spiro atoms. The van der Waals surface area contributed by atoms with Crippen LogP contribution in [0.4, 0.5) is 0 Å². The average molecular weight is 397 g/mol. The highest BCUT2D eigenvalue weighted by atomic mass is 79.9. The summed E-state index contributed by atoms with van der Waals surface area (Å²) in [5.74, 6) is 0.606. The van der Waals surface area contributed by atoms with E-state index in [2.05, 4.69) is 27.8 Å². The Bertz CT molecular complexity index is 695. The Balaban J connectivity index is 2.22. The topological polar surface area (TPSA) is 67.9 Å². The average Bonchev–Trinajstić information content (AvgIpc) is 2.88. The summed E-state index contributed by atoms with van der Waals surface area (Å²) in [6.45, 7) is 11.1. The molecule has 0 radical (unpaired) electrons. The van der Waals surface area contributed by atoms with Gasteiger partial charge in [-0.2, -0.15) is 0 Å². The normalized spacial score (nSPS) is 12.7. The molecular weight excluding hydrogens is 376 g/mol. The molecule has 1 aliphatic rings. The van der Waals surface area contributed by atoms with Gasteiger partial charge in [-0.05, 0) is 38.5 Å². The maximum Gasteiger partial charge on any atom is 0.267 e. The first-order valence-electron chi connectivity index (χ1n) is 7.46. The summed E-state index contributed by atoms with van der Waals surface area (Å²) in [4.78, 5) is 25.7. The summed E-state index contributed by atoms with van der Waals surface area (Å²) < 4.78 is 11.4. The third-order valence-electron chi connectivity index (χ3n) is 3.33. The Kier molecular flexibility index (Phi) is 5.22. The molecule has 0 atom stereocenters. The summed E-state index contributed by atoms with van der Waals surface area (Å²) in [7, 11) is 0. The molecule has 1 N–H and O–H groups in total. The van der Waals surface area contributed by atoms with Gasteiger partial charge in [0.25, 0.3) is 5.91 Å². The monoisotopic (exact) mass is 396 g/mol. The van der Waals surface area contributed by atoms with Gasteiger partial charge in [-0.25, -0.2) is 0 Å². The van der Waals surface area contributed by atoms with Gasteiger partial charge in [-0.15, -0.1) is 0 Å². The molecule has 1 aliphatic heterocycles. The number of halogens is 1. The fourth-order valence-electron chi connectivity index (χ4n) is 2.18. The van der Waals surface area contributed by atoms with Crippen molar-refractivity contribution in [3.63, 3.8) is 0 Å². The Morgan fingerprint density at radius 1 is 1.29 bits per heavy atom. The number of amides is 2. The number of nitrogens with one attached hydrogen (secondary N) is 1. The summed E-state index contributed by atoms with van der Waals surface area (Å²) >= 11 is 3.46. The van der Waals surface area contributed by atoms with Gasteiger partial charge in [0.1, 0.15) is 5.70 Å². The van der Waals surface area contributed by atoms with E-state index in [-0.39, 0.29) is 30.8 Å². The van der Waals surface area contributed by atoms with Crippen LogP contribution in [-0.2, 0) is 16.1 Å². The number of ether oxygens (including phenoxy) is 2. The molecule has 7 heteroatoms. The number of nitrogens with zero attached hydrogens (tertiary/aromatic N) is 1. The maximum absolute atomic E-state index is 12.3. The lowest BCUT2D eigenvalue weighted by molar-refractivity contribution is -0.131. The molecule has 130 valence electrons. The quantitative estimate of drug-likeness (QED) is 0.794. The maximum atomic E-state index is 12.3. The fraction of sp³-hybridized carbons (Fsp3) is 0.412. The lowest BCUT2D eigenvalue weighted by Gasteiger charge is -2.27. The van der Waals surface area contributed by atoms with Gasteiger partial charge in [0.15, 0.2) is 11.5 Å². The number of hydrogen-bond acceptors (Lipinski definition) is 4. The molecule has 6 nitrogen and oxygen atoms in total. The minimum Gasteiger partial charge on any atom is -0.454 e. The number of rotatable bonds is 4. The third kappa shape index (κ3) is 4.29. The van der Waals surface area contributed by atoms with E-state index in [4.69, 9.17) is 9.47 Å². The van der Waals surface area contributed by atoms with Crippen LogP contribution in [0.2, 0.25) is 0 Å². The predicted octanol–water partition coefficient (Wildman–Crippen LogP) is 2.95. The first-order chi connectivity index (χ1) is 11.1. The van der Waals surface area contributed by atoms with Crippen LogP contribution in [-0.4, -0.2) is 29.0 Å². The van der Waals surface area contributed by atoms with E-state index in [0.717, 1.165) is 10.0 Å². The van der Waals surface area contributed by atoms with E-state index in [1.807, 2.05) is 20.8 Å². The van der Waals surface area contributed by atoms with Gasteiger partial charge >= 0.3 is 0 Å². The van der Waals surface area contributed by atoms with Crippen LogP contribution >= 0.6 is 15.9 Å². The second kappa shape index (κ2) is 6.84. The van der Waals surface area contributed by atoms with Crippen molar-refractivity contribution in [2.45, 2.75) is 39.8 Å². The van der Waals surface area contributed by atoms with Crippen molar-refractivity contribution < 1.29 is 19.1 Å². The van der Waals surface area contributed by atoms with E-state index < -0.39 is 5.54 Å². The fourth-order valence-corrected chi connectivity index (χ4v) is 2.63. The second-order valence-electron chi connectivity index (χ2n) is 6.55.